The molecule has 0 fully saturated rings. The van der Waals surface area contributed by atoms with Crippen LogP contribution in [0.25, 0.3) is 0 Å². The van der Waals surface area contributed by atoms with Crippen LogP contribution in [-0.2, 0) is 13.0 Å². The van der Waals surface area contributed by atoms with Crippen LogP contribution in [0.2, 0.25) is 0 Å². The lowest BCUT2D eigenvalue weighted by Crippen LogP contribution is -2.42. The quantitative estimate of drug-likeness (QED) is 0.475. The third-order valence-electron chi connectivity index (χ3n) is 4.70. The number of carbonyl (C=O) groups excluding carboxylic acids is 1. The fourth-order valence-electron chi connectivity index (χ4n) is 3.24. The molecular formula is C23H30N4O2. The summed E-state index contributed by atoms with van der Waals surface area (Å²) < 4.78 is 5.98. The minimum Gasteiger partial charge on any atom is -0.488 e. The molecule has 154 valence electrons. The molecule has 3 N–H and O–H groups in total. The Balaban J connectivity index is 1.56. The number of hydrogen-bond acceptors (Lipinski definition) is 3. The highest BCUT2D eigenvalue weighted by atomic mass is 16.5. The van der Waals surface area contributed by atoms with E-state index >= 15 is 0 Å². The molecule has 2 aromatic carbocycles. The average Bonchev–Trinajstić information content (AvgIpc) is 3.17. The standard InChI is InChI=1S/C23H30N4O2/c1-3-12-25-22(28)19-10-7-8-17(13-19)15-26-23(24-4-2)27-16-20-14-18-9-5-6-11-21(18)29-20/h5-11,13,20H,3-4,12,14-16H2,1-2H3,(H,25,28)(H2,24,26,27). The summed E-state index contributed by atoms with van der Waals surface area (Å²) in [6.07, 6.45) is 1.92. The first-order chi connectivity index (χ1) is 14.2. The Morgan fingerprint density at radius 2 is 1.97 bits per heavy atom. The Hall–Kier alpha value is -3.02. The van der Waals surface area contributed by atoms with Crippen molar-refractivity contribution in [3.63, 3.8) is 0 Å². The van der Waals surface area contributed by atoms with Gasteiger partial charge >= 0.3 is 0 Å². The maximum Gasteiger partial charge on any atom is 0.251 e. The zero-order chi connectivity index (χ0) is 20.5. The lowest BCUT2D eigenvalue weighted by molar-refractivity contribution is 0.0953. The van der Waals surface area contributed by atoms with Crippen LogP contribution in [0.4, 0.5) is 0 Å². The number of para-hydroxylation sites is 1. The van der Waals surface area contributed by atoms with E-state index in [1.54, 1.807) is 0 Å². The highest BCUT2D eigenvalue weighted by Gasteiger charge is 2.22. The third kappa shape index (κ3) is 5.98. The molecule has 0 bridgehead atoms. The summed E-state index contributed by atoms with van der Waals surface area (Å²) in [5.41, 5.74) is 2.91. The maximum atomic E-state index is 12.2. The van der Waals surface area contributed by atoms with Crippen molar-refractivity contribution in [3.05, 3.63) is 65.2 Å². The summed E-state index contributed by atoms with van der Waals surface area (Å²) in [5.74, 6) is 1.67. The molecule has 3 rings (SSSR count). The number of hydrogen-bond donors (Lipinski definition) is 3. The van der Waals surface area contributed by atoms with Gasteiger partial charge in [0.15, 0.2) is 5.96 Å². The first kappa shape index (κ1) is 20.7. The van der Waals surface area contributed by atoms with Gasteiger partial charge in [-0.3, -0.25) is 4.79 Å². The van der Waals surface area contributed by atoms with Crippen molar-refractivity contribution in [2.45, 2.75) is 39.3 Å². The van der Waals surface area contributed by atoms with Crippen molar-refractivity contribution < 1.29 is 9.53 Å². The van der Waals surface area contributed by atoms with Crippen molar-refractivity contribution in [2.24, 2.45) is 4.99 Å². The highest BCUT2D eigenvalue weighted by Crippen LogP contribution is 2.27. The average molecular weight is 395 g/mol. The van der Waals surface area contributed by atoms with Crippen LogP contribution >= 0.6 is 0 Å². The van der Waals surface area contributed by atoms with E-state index in [-0.39, 0.29) is 12.0 Å². The molecular weight excluding hydrogens is 364 g/mol. The molecule has 6 heteroatoms. The predicted octanol–water partition coefficient (Wildman–Crippen LogP) is 2.89. The van der Waals surface area contributed by atoms with Crippen molar-refractivity contribution in [2.75, 3.05) is 19.6 Å². The lowest BCUT2D eigenvalue weighted by Gasteiger charge is -2.15. The van der Waals surface area contributed by atoms with Gasteiger partial charge < -0.3 is 20.7 Å². The molecule has 1 amide bonds. The summed E-state index contributed by atoms with van der Waals surface area (Å²) >= 11 is 0. The number of amides is 1. The summed E-state index contributed by atoms with van der Waals surface area (Å²) in [6, 6.07) is 15.8. The number of carbonyl (C=O) groups is 1. The Labute approximate surface area is 172 Å². The largest absolute Gasteiger partial charge is 0.488 e. The Morgan fingerprint density at radius 3 is 2.76 bits per heavy atom. The van der Waals surface area contributed by atoms with Gasteiger partial charge in [-0.05, 0) is 42.7 Å². The van der Waals surface area contributed by atoms with Gasteiger partial charge in [-0.2, -0.15) is 0 Å². The second-order valence-electron chi connectivity index (χ2n) is 7.08. The van der Waals surface area contributed by atoms with E-state index in [0.717, 1.165) is 36.7 Å². The topological polar surface area (TPSA) is 74.8 Å². The van der Waals surface area contributed by atoms with E-state index in [9.17, 15) is 4.79 Å². The number of benzene rings is 2. The van der Waals surface area contributed by atoms with Gasteiger partial charge in [0.2, 0.25) is 0 Å². The minimum atomic E-state index is -0.0411. The monoisotopic (exact) mass is 394 g/mol. The van der Waals surface area contributed by atoms with Crippen LogP contribution < -0.4 is 20.7 Å². The maximum absolute atomic E-state index is 12.2. The van der Waals surface area contributed by atoms with Gasteiger partial charge in [0.05, 0.1) is 13.1 Å². The fraction of sp³-hybridized carbons (Fsp3) is 0.391. The molecule has 2 aromatic rings. The molecule has 1 unspecified atom stereocenters. The number of ether oxygens (including phenoxy) is 1. The normalized spacial score (nSPS) is 15.4. The van der Waals surface area contributed by atoms with E-state index in [2.05, 4.69) is 27.0 Å². The van der Waals surface area contributed by atoms with Crippen molar-refractivity contribution >= 4 is 11.9 Å². The number of nitrogens with zero attached hydrogens (tertiary/aromatic N) is 1. The Bertz CT molecular complexity index is 825. The van der Waals surface area contributed by atoms with Gasteiger partial charge in [-0.15, -0.1) is 0 Å². The first-order valence-electron chi connectivity index (χ1n) is 10.3. The smallest absolute Gasteiger partial charge is 0.251 e. The van der Waals surface area contributed by atoms with Gasteiger partial charge in [-0.1, -0.05) is 37.3 Å². The van der Waals surface area contributed by atoms with Gasteiger partial charge in [0.25, 0.3) is 5.91 Å². The van der Waals surface area contributed by atoms with Gasteiger partial charge in [-0.25, -0.2) is 4.99 Å². The van der Waals surface area contributed by atoms with E-state index < -0.39 is 0 Å². The summed E-state index contributed by atoms with van der Waals surface area (Å²) in [4.78, 5) is 16.8. The van der Waals surface area contributed by atoms with Crippen LogP contribution in [0.1, 0.15) is 41.8 Å². The third-order valence-corrected chi connectivity index (χ3v) is 4.70. The fourth-order valence-corrected chi connectivity index (χ4v) is 3.24. The Morgan fingerprint density at radius 1 is 1.10 bits per heavy atom. The molecule has 0 saturated carbocycles. The van der Waals surface area contributed by atoms with E-state index in [4.69, 9.17) is 4.74 Å². The van der Waals surface area contributed by atoms with Crippen LogP contribution in [0, 0.1) is 0 Å². The molecule has 6 nitrogen and oxygen atoms in total. The number of rotatable bonds is 8. The molecule has 1 atom stereocenters. The minimum absolute atomic E-state index is 0.0411. The van der Waals surface area contributed by atoms with Crippen LogP contribution in [0.3, 0.4) is 0 Å². The Kier molecular flexibility index (Phi) is 7.50. The highest BCUT2D eigenvalue weighted by molar-refractivity contribution is 5.94. The summed E-state index contributed by atoms with van der Waals surface area (Å²) in [7, 11) is 0. The molecule has 0 saturated heterocycles. The molecule has 0 spiro atoms. The number of nitrogens with one attached hydrogen (secondary N) is 3. The second-order valence-corrected chi connectivity index (χ2v) is 7.08. The van der Waals surface area contributed by atoms with E-state index in [1.807, 2.05) is 56.3 Å². The zero-order valence-corrected chi connectivity index (χ0v) is 17.2. The molecule has 1 aliphatic heterocycles. The molecule has 0 aromatic heterocycles. The SMILES string of the molecule is CCCNC(=O)c1cccc(CN=C(NCC)NCC2Cc3ccccc3O2)c1. The molecule has 0 radical (unpaired) electrons. The summed E-state index contributed by atoms with van der Waals surface area (Å²) in [5, 5.41) is 9.54. The summed E-state index contributed by atoms with van der Waals surface area (Å²) in [6.45, 7) is 6.71. The van der Waals surface area contributed by atoms with Crippen LogP contribution in [0.5, 0.6) is 5.75 Å². The van der Waals surface area contributed by atoms with Crippen molar-refractivity contribution in [1.82, 2.24) is 16.0 Å². The van der Waals surface area contributed by atoms with E-state index in [0.29, 0.717) is 25.2 Å². The molecule has 1 heterocycles. The second kappa shape index (κ2) is 10.5. The van der Waals surface area contributed by atoms with Crippen LogP contribution in [-0.4, -0.2) is 37.6 Å². The van der Waals surface area contributed by atoms with E-state index in [1.165, 1.54) is 5.56 Å². The molecule has 0 aliphatic carbocycles. The number of aliphatic imine (C=N–C) groups is 1. The predicted molar refractivity (Wildman–Crippen MR) is 116 cm³/mol. The van der Waals surface area contributed by atoms with Gasteiger partial charge in [0, 0.05) is 25.1 Å². The van der Waals surface area contributed by atoms with Gasteiger partial charge in [0.1, 0.15) is 11.9 Å². The molecule has 1 aliphatic rings. The van der Waals surface area contributed by atoms with Crippen LogP contribution in [0.15, 0.2) is 53.5 Å². The lowest BCUT2D eigenvalue weighted by atomic mass is 10.1. The first-order valence-corrected chi connectivity index (χ1v) is 10.3. The zero-order valence-electron chi connectivity index (χ0n) is 17.2. The number of fused-ring (bicyclic) bond motifs is 1. The molecule has 29 heavy (non-hydrogen) atoms. The van der Waals surface area contributed by atoms with Crippen molar-refractivity contribution in [3.8, 4) is 5.75 Å². The van der Waals surface area contributed by atoms with Crippen molar-refractivity contribution in [1.29, 1.82) is 0 Å². The number of guanidine groups is 1.